The molecule has 1 atom stereocenters. The lowest BCUT2D eigenvalue weighted by Crippen LogP contribution is -2.53. The fourth-order valence-electron chi connectivity index (χ4n) is 2.03. The number of benzene rings is 1. The molecule has 1 aromatic carbocycles. The van der Waals surface area contributed by atoms with E-state index in [1.807, 2.05) is 6.92 Å². The van der Waals surface area contributed by atoms with Gasteiger partial charge in [-0.15, -0.1) is 11.8 Å². The van der Waals surface area contributed by atoms with Gasteiger partial charge >= 0.3 is 0 Å². The largest absolute Gasteiger partial charge is 0.368 e. The van der Waals surface area contributed by atoms with Crippen molar-refractivity contribution in [2.45, 2.75) is 37.1 Å². The van der Waals surface area contributed by atoms with E-state index in [1.54, 1.807) is 25.1 Å². The van der Waals surface area contributed by atoms with Crippen molar-refractivity contribution in [2.75, 3.05) is 12.3 Å². The van der Waals surface area contributed by atoms with Gasteiger partial charge in [0.2, 0.25) is 5.91 Å². The summed E-state index contributed by atoms with van der Waals surface area (Å²) >= 11 is 1.42. The molecular formula is C14H21N3O3S. The van der Waals surface area contributed by atoms with Crippen molar-refractivity contribution in [1.82, 2.24) is 5.32 Å². The first kappa shape index (κ1) is 17.5. The Labute approximate surface area is 128 Å². The maximum Gasteiger partial charge on any atom is 0.282 e. The predicted octanol–water partition coefficient (Wildman–Crippen LogP) is 2.32. The molecule has 0 saturated carbocycles. The smallest absolute Gasteiger partial charge is 0.282 e. The summed E-state index contributed by atoms with van der Waals surface area (Å²) in [5, 5.41) is 14.0. The van der Waals surface area contributed by atoms with Gasteiger partial charge in [0.05, 0.1) is 15.4 Å². The van der Waals surface area contributed by atoms with Crippen LogP contribution in [0.4, 0.5) is 5.69 Å². The molecule has 21 heavy (non-hydrogen) atoms. The lowest BCUT2D eigenvalue weighted by Gasteiger charge is -2.26. The standard InChI is InChI=1S/C14H21N3O3S/c1-3-16-14(2,13(15)18)9-6-10-21-12-8-5-4-7-11(12)17(19)20/h4-5,7-8,16H,3,6,9-10H2,1-2H3,(H2,15,18). The molecule has 0 heterocycles. The summed E-state index contributed by atoms with van der Waals surface area (Å²) < 4.78 is 0. The molecule has 0 aliphatic carbocycles. The molecule has 0 bridgehead atoms. The highest BCUT2D eigenvalue weighted by atomic mass is 32.2. The lowest BCUT2D eigenvalue weighted by molar-refractivity contribution is -0.387. The van der Waals surface area contributed by atoms with Crippen LogP contribution in [0, 0.1) is 10.1 Å². The van der Waals surface area contributed by atoms with E-state index in [2.05, 4.69) is 5.32 Å². The van der Waals surface area contributed by atoms with E-state index in [-0.39, 0.29) is 16.5 Å². The number of nitrogens with zero attached hydrogens (tertiary/aromatic N) is 1. The summed E-state index contributed by atoms with van der Waals surface area (Å²) in [5.41, 5.74) is 4.81. The zero-order valence-corrected chi connectivity index (χ0v) is 13.1. The second kappa shape index (κ2) is 7.99. The second-order valence-electron chi connectivity index (χ2n) is 4.90. The first-order chi connectivity index (χ1) is 9.90. The SMILES string of the molecule is CCNC(C)(CCCSc1ccccc1[N+](=O)[O-])C(N)=O. The predicted molar refractivity (Wildman–Crippen MR) is 84.3 cm³/mol. The van der Waals surface area contributed by atoms with Crippen LogP contribution in [0.3, 0.4) is 0 Å². The Hall–Kier alpha value is -1.60. The third-order valence-electron chi connectivity index (χ3n) is 3.25. The van der Waals surface area contributed by atoms with Crippen LogP contribution >= 0.6 is 11.8 Å². The minimum absolute atomic E-state index is 0.117. The van der Waals surface area contributed by atoms with Crippen LogP contribution in [0.2, 0.25) is 0 Å². The van der Waals surface area contributed by atoms with Gasteiger partial charge in [0.1, 0.15) is 0 Å². The van der Waals surface area contributed by atoms with E-state index in [9.17, 15) is 14.9 Å². The van der Waals surface area contributed by atoms with Gasteiger partial charge in [0, 0.05) is 6.07 Å². The van der Waals surface area contributed by atoms with E-state index in [4.69, 9.17) is 5.73 Å². The van der Waals surface area contributed by atoms with Gasteiger partial charge in [-0.3, -0.25) is 14.9 Å². The summed E-state index contributed by atoms with van der Waals surface area (Å²) in [6.07, 6.45) is 1.34. The average molecular weight is 311 g/mol. The van der Waals surface area contributed by atoms with Gasteiger partial charge in [-0.25, -0.2) is 0 Å². The first-order valence-electron chi connectivity index (χ1n) is 6.82. The van der Waals surface area contributed by atoms with Gasteiger partial charge < -0.3 is 11.1 Å². The number of nitrogens with one attached hydrogen (secondary N) is 1. The quantitative estimate of drug-likeness (QED) is 0.315. The summed E-state index contributed by atoms with van der Waals surface area (Å²) in [4.78, 5) is 22.7. The summed E-state index contributed by atoms with van der Waals surface area (Å²) in [6.45, 7) is 4.37. The average Bonchev–Trinajstić information content (AvgIpc) is 2.44. The monoisotopic (exact) mass is 311 g/mol. The highest BCUT2D eigenvalue weighted by molar-refractivity contribution is 7.99. The number of hydrogen-bond acceptors (Lipinski definition) is 5. The number of nitrogens with two attached hydrogens (primary N) is 1. The van der Waals surface area contributed by atoms with Crippen LogP contribution in [-0.4, -0.2) is 28.7 Å². The zero-order valence-electron chi connectivity index (χ0n) is 12.3. The Morgan fingerprint density at radius 3 is 2.71 bits per heavy atom. The van der Waals surface area contributed by atoms with Crippen molar-refractivity contribution < 1.29 is 9.72 Å². The van der Waals surface area contributed by atoms with Crippen molar-refractivity contribution in [2.24, 2.45) is 5.73 Å². The van der Waals surface area contributed by atoms with Crippen LogP contribution < -0.4 is 11.1 Å². The molecule has 0 fully saturated rings. The Morgan fingerprint density at radius 2 is 2.14 bits per heavy atom. The Balaban J connectivity index is 2.54. The number of primary amides is 1. The minimum atomic E-state index is -0.724. The van der Waals surface area contributed by atoms with E-state index >= 15 is 0 Å². The molecule has 0 aliphatic heterocycles. The number of rotatable bonds is 9. The van der Waals surface area contributed by atoms with Crippen molar-refractivity contribution >= 4 is 23.4 Å². The normalized spacial score (nSPS) is 13.6. The third-order valence-corrected chi connectivity index (χ3v) is 4.40. The minimum Gasteiger partial charge on any atom is -0.368 e. The fraction of sp³-hybridized carbons (Fsp3) is 0.500. The van der Waals surface area contributed by atoms with Gasteiger partial charge in [-0.2, -0.15) is 0 Å². The van der Waals surface area contributed by atoms with Crippen molar-refractivity contribution in [3.05, 3.63) is 34.4 Å². The van der Waals surface area contributed by atoms with Gasteiger partial charge in [-0.05, 0) is 38.1 Å². The molecular weight excluding hydrogens is 290 g/mol. The second-order valence-corrected chi connectivity index (χ2v) is 6.04. The number of hydrogen-bond donors (Lipinski definition) is 2. The topological polar surface area (TPSA) is 98.3 Å². The molecule has 116 valence electrons. The van der Waals surface area contributed by atoms with Crippen molar-refractivity contribution in [3.63, 3.8) is 0 Å². The Morgan fingerprint density at radius 1 is 1.48 bits per heavy atom. The van der Waals surface area contributed by atoms with E-state index in [1.165, 1.54) is 17.8 Å². The summed E-state index contributed by atoms with van der Waals surface area (Å²) in [6, 6.07) is 6.66. The molecule has 3 N–H and O–H groups in total. The summed E-state index contributed by atoms with van der Waals surface area (Å²) in [7, 11) is 0. The highest BCUT2D eigenvalue weighted by Crippen LogP contribution is 2.29. The molecule has 1 amide bonds. The molecule has 1 aromatic rings. The molecule has 1 rings (SSSR count). The highest BCUT2D eigenvalue weighted by Gasteiger charge is 2.29. The molecule has 0 radical (unpaired) electrons. The number of nitro groups is 1. The first-order valence-corrected chi connectivity index (χ1v) is 7.80. The maximum atomic E-state index is 11.5. The Bertz CT molecular complexity index is 510. The van der Waals surface area contributed by atoms with Crippen LogP contribution in [0.15, 0.2) is 29.2 Å². The molecule has 7 heteroatoms. The van der Waals surface area contributed by atoms with Crippen molar-refractivity contribution in [1.29, 1.82) is 0 Å². The lowest BCUT2D eigenvalue weighted by atomic mass is 9.95. The molecule has 6 nitrogen and oxygen atoms in total. The zero-order chi connectivity index (χ0) is 15.9. The number of thioether (sulfide) groups is 1. The number of para-hydroxylation sites is 1. The number of carbonyl (C=O) groups is 1. The van der Waals surface area contributed by atoms with Gasteiger partial charge in [0.25, 0.3) is 5.69 Å². The van der Waals surface area contributed by atoms with Crippen LogP contribution in [0.25, 0.3) is 0 Å². The Kier molecular flexibility index (Phi) is 6.64. The van der Waals surface area contributed by atoms with E-state index in [0.717, 1.165) is 6.42 Å². The van der Waals surface area contributed by atoms with Gasteiger partial charge in [-0.1, -0.05) is 19.1 Å². The van der Waals surface area contributed by atoms with E-state index < -0.39 is 5.54 Å². The molecule has 1 unspecified atom stereocenters. The maximum absolute atomic E-state index is 11.5. The fourth-order valence-corrected chi connectivity index (χ4v) is 3.00. The number of amides is 1. The molecule has 0 aromatic heterocycles. The number of nitro benzene ring substituents is 1. The van der Waals surface area contributed by atoms with Gasteiger partial charge in [0.15, 0.2) is 0 Å². The number of carbonyl (C=O) groups excluding carboxylic acids is 1. The summed E-state index contributed by atoms with van der Waals surface area (Å²) in [5.74, 6) is 0.319. The van der Waals surface area contributed by atoms with Crippen LogP contribution in [-0.2, 0) is 4.79 Å². The van der Waals surface area contributed by atoms with E-state index in [0.29, 0.717) is 23.6 Å². The molecule has 0 aliphatic rings. The third kappa shape index (κ3) is 5.02. The van der Waals surface area contributed by atoms with Crippen LogP contribution in [0.1, 0.15) is 26.7 Å². The molecule has 0 spiro atoms. The van der Waals surface area contributed by atoms with Crippen LogP contribution in [0.5, 0.6) is 0 Å². The number of likely N-dealkylation sites (N-methyl/N-ethyl adjacent to an activating group) is 1. The molecule has 0 saturated heterocycles. The van der Waals surface area contributed by atoms with Crippen molar-refractivity contribution in [3.8, 4) is 0 Å².